The minimum atomic E-state index is 0.729. The van der Waals surface area contributed by atoms with Crippen molar-refractivity contribution in [1.82, 2.24) is 14.9 Å². The van der Waals surface area contributed by atoms with E-state index in [0.29, 0.717) is 0 Å². The molecule has 4 rings (SSSR count). The molecule has 0 amide bonds. The predicted molar refractivity (Wildman–Crippen MR) is 114 cm³/mol. The lowest BCUT2D eigenvalue weighted by Crippen LogP contribution is -2.26. The maximum absolute atomic E-state index is 6.23. The van der Waals surface area contributed by atoms with Crippen molar-refractivity contribution in [3.63, 3.8) is 0 Å². The molecule has 0 radical (unpaired) electrons. The Morgan fingerprint density at radius 1 is 1.04 bits per heavy atom. The van der Waals surface area contributed by atoms with Crippen LogP contribution in [-0.2, 0) is 0 Å². The van der Waals surface area contributed by atoms with Crippen LogP contribution in [-0.4, -0.2) is 41.0 Å². The summed E-state index contributed by atoms with van der Waals surface area (Å²) in [5.74, 6) is 0. The molecule has 1 aromatic carbocycles. The molecular formula is C22H23ClN4. The van der Waals surface area contributed by atoms with E-state index in [4.69, 9.17) is 16.6 Å². The van der Waals surface area contributed by atoms with Crippen LogP contribution < -0.4 is 5.32 Å². The molecule has 1 saturated heterocycles. The van der Waals surface area contributed by atoms with Gasteiger partial charge in [0.25, 0.3) is 0 Å². The van der Waals surface area contributed by atoms with Crippen LogP contribution in [0.2, 0.25) is 5.02 Å². The number of likely N-dealkylation sites (tertiary alicyclic amines) is 1. The number of halogens is 1. The van der Waals surface area contributed by atoms with Gasteiger partial charge in [-0.15, -0.1) is 0 Å². The highest BCUT2D eigenvalue weighted by Gasteiger charge is 2.11. The van der Waals surface area contributed by atoms with Crippen molar-refractivity contribution in [3.8, 4) is 0 Å². The van der Waals surface area contributed by atoms with E-state index >= 15 is 0 Å². The molecule has 27 heavy (non-hydrogen) atoms. The predicted octanol–water partition coefficient (Wildman–Crippen LogP) is 4.96. The van der Waals surface area contributed by atoms with Gasteiger partial charge in [-0.25, -0.2) is 4.98 Å². The van der Waals surface area contributed by atoms with E-state index in [1.165, 1.54) is 25.9 Å². The zero-order chi connectivity index (χ0) is 18.5. The van der Waals surface area contributed by atoms with Gasteiger partial charge in [0.05, 0.1) is 11.2 Å². The molecule has 1 aliphatic heterocycles. The third-order valence-electron chi connectivity index (χ3n) is 4.89. The van der Waals surface area contributed by atoms with E-state index in [1.54, 1.807) is 12.4 Å². The Hall–Kier alpha value is -2.43. The van der Waals surface area contributed by atoms with Gasteiger partial charge in [0.1, 0.15) is 0 Å². The first kappa shape index (κ1) is 18.0. The third kappa shape index (κ3) is 4.65. The molecule has 5 heteroatoms. The van der Waals surface area contributed by atoms with E-state index in [2.05, 4.69) is 27.3 Å². The van der Waals surface area contributed by atoms with Crippen LogP contribution in [0.5, 0.6) is 0 Å². The molecule has 0 aliphatic carbocycles. The van der Waals surface area contributed by atoms with Crippen LogP contribution in [0.1, 0.15) is 24.1 Å². The zero-order valence-electron chi connectivity index (χ0n) is 15.2. The van der Waals surface area contributed by atoms with Crippen molar-refractivity contribution in [3.05, 3.63) is 65.1 Å². The van der Waals surface area contributed by atoms with Gasteiger partial charge in [0, 0.05) is 41.6 Å². The summed E-state index contributed by atoms with van der Waals surface area (Å²) in [7, 11) is 0. The Balaban J connectivity index is 1.58. The van der Waals surface area contributed by atoms with Gasteiger partial charge in [-0.2, -0.15) is 0 Å². The summed E-state index contributed by atoms with van der Waals surface area (Å²) >= 11 is 6.23. The average molecular weight is 379 g/mol. The molecule has 1 fully saturated rings. The number of nitrogens with one attached hydrogen (secondary N) is 1. The zero-order valence-corrected chi connectivity index (χ0v) is 16.0. The monoisotopic (exact) mass is 378 g/mol. The average Bonchev–Trinajstić information content (AvgIpc) is 3.21. The molecule has 0 bridgehead atoms. The molecule has 3 aromatic rings. The number of fused-ring (bicyclic) bond motifs is 1. The summed E-state index contributed by atoms with van der Waals surface area (Å²) in [5.41, 5.74) is 4.05. The first-order valence-electron chi connectivity index (χ1n) is 9.42. The molecule has 4 nitrogen and oxygen atoms in total. The Morgan fingerprint density at radius 2 is 1.85 bits per heavy atom. The lowest BCUT2D eigenvalue weighted by Gasteiger charge is -2.16. The van der Waals surface area contributed by atoms with Crippen LogP contribution >= 0.6 is 11.6 Å². The lowest BCUT2D eigenvalue weighted by atomic mass is 10.1. The molecular weight excluding hydrogens is 356 g/mol. The van der Waals surface area contributed by atoms with Gasteiger partial charge < -0.3 is 10.2 Å². The SMILES string of the molecule is Clc1ccc2nc(/C=C/c3ccncc3)cc(NCCN3CCCC3)c2c1. The maximum Gasteiger partial charge on any atom is 0.0731 e. The maximum atomic E-state index is 6.23. The Kier molecular flexibility index (Phi) is 5.66. The van der Waals surface area contributed by atoms with E-state index in [-0.39, 0.29) is 0 Å². The number of aromatic nitrogens is 2. The van der Waals surface area contributed by atoms with Crippen molar-refractivity contribution in [2.75, 3.05) is 31.5 Å². The fourth-order valence-electron chi connectivity index (χ4n) is 3.46. The Bertz CT molecular complexity index is 934. The van der Waals surface area contributed by atoms with Crippen LogP contribution in [0.3, 0.4) is 0 Å². The summed E-state index contributed by atoms with van der Waals surface area (Å²) in [6.45, 7) is 4.40. The number of anilines is 1. The summed E-state index contributed by atoms with van der Waals surface area (Å²) in [6, 6.07) is 11.9. The molecule has 2 aromatic heterocycles. The Morgan fingerprint density at radius 3 is 2.67 bits per heavy atom. The number of pyridine rings is 2. The van der Waals surface area contributed by atoms with E-state index < -0.39 is 0 Å². The minimum Gasteiger partial charge on any atom is -0.383 e. The number of nitrogens with zero attached hydrogens (tertiary/aromatic N) is 3. The molecule has 0 atom stereocenters. The van der Waals surface area contributed by atoms with Crippen molar-refractivity contribution in [2.45, 2.75) is 12.8 Å². The highest BCUT2D eigenvalue weighted by Crippen LogP contribution is 2.27. The van der Waals surface area contributed by atoms with Crippen molar-refractivity contribution in [2.24, 2.45) is 0 Å². The molecule has 1 N–H and O–H groups in total. The lowest BCUT2D eigenvalue weighted by molar-refractivity contribution is 0.353. The first-order chi connectivity index (χ1) is 13.3. The molecule has 0 spiro atoms. The number of hydrogen-bond donors (Lipinski definition) is 1. The molecule has 0 unspecified atom stereocenters. The minimum absolute atomic E-state index is 0.729. The van der Waals surface area contributed by atoms with Crippen molar-refractivity contribution < 1.29 is 0 Å². The third-order valence-corrected chi connectivity index (χ3v) is 5.12. The first-order valence-corrected chi connectivity index (χ1v) is 9.80. The second-order valence-electron chi connectivity index (χ2n) is 6.85. The largest absolute Gasteiger partial charge is 0.383 e. The van der Waals surface area contributed by atoms with Gasteiger partial charge in [-0.3, -0.25) is 4.98 Å². The van der Waals surface area contributed by atoms with Crippen molar-refractivity contribution in [1.29, 1.82) is 0 Å². The molecule has 0 saturated carbocycles. The standard InChI is InChI=1S/C22H23ClN4/c23-18-4-6-21-20(15-18)22(25-11-14-27-12-1-2-13-27)16-19(26-21)5-3-17-7-9-24-10-8-17/h3-10,15-16H,1-2,11-14H2,(H,25,26)/b5-3+. The quantitative estimate of drug-likeness (QED) is 0.658. The van der Waals surface area contributed by atoms with Gasteiger partial charge in [0.15, 0.2) is 0 Å². The molecule has 3 heterocycles. The summed E-state index contributed by atoms with van der Waals surface area (Å²) in [6.07, 6.45) is 10.3. The highest BCUT2D eigenvalue weighted by atomic mass is 35.5. The van der Waals surface area contributed by atoms with Crippen LogP contribution in [0.15, 0.2) is 48.8 Å². The second-order valence-corrected chi connectivity index (χ2v) is 7.28. The van der Waals surface area contributed by atoms with E-state index in [9.17, 15) is 0 Å². The highest BCUT2D eigenvalue weighted by molar-refractivity contribution is 6.31. The van der Waals surface area contributed by atoms with E-state index in [1.807, 2.05) is 36.4 Å². The van der Waals surface area contributed by atoms with Crippen LogP contribution in [0, 0.1) is 0 Å². The number of benzene rings is 1. The van der Waals surface area contributed by atoms with Gasteiger partial charge in [-0.1, -0.05) is 17.7 Å². The second kappa shape index (κ2) is 8.51. The fourth-order valence-corrected chi connectivity index (χ4v) is 3.63. The van der Waals surface area contributed by atoms with Crippen LogP contribution in [0.4, 0.5) is 5.69 Å². The molecule has 138 valence electrons. The summed E-state index contributed by atoms with van der Waals surface area (Å²) < 4.78 is 0. The van der Waals surface area contributed by atoms with Gasteiger partial charge in [0.2, 0.25) is 0 Å². The normalized spacial score (nSPS) is 15.0. The van der Waals surface area contributed by atoms with Gasteiger partial charge in [-0.05, 0) is 74.0 Å². The molecule has 1 aliphatic rings. The Labute approximate surface area is 164 Å². The van der Waals surface area contributed by atoms with Crippen LogP contribution in [0.25, 0.3) is 23.1 Å². The van der Waals surface area contributed by atoms with Gasteiger partial charge >= 0.3 is 0 Å². The topological polar surface area (TPSA) is 41.1 Å². The summed E-state index contributed by atoms with van der Waals surface area (Å²) in [4.78, 5) is 11.3. The van der Waals surface area contributed by atoms with E-state index in [0.717, 1.165) is 46.0 Å². The summed E-state index contributed by atoms with van der Waals surface area (Å²) in [5, 5.41) is 5.38. The number of rotatable bonds is 6. The fraction of sp³-hybridized carbons (Fsp3) is 0.273. The smallest absolute Gasteiger partial charge is 0.0731 e. The number of hydrogen-bond acceptors (Lipinski definition) is 4. The van der Waals surface area contributed by atoms with Crippen molar-refractivity contribution >= 4 is 40.3 Å².